The molecule has 1 N–H and O–H groups in total. The molecule has 0 aliphatic heterocycles. The van der Waals surface area contributed by atoms with E-state index in [0.717, 1.165) is 5.39 Å². The molecule has 2 aromatic carbocycles. The summed E-state index contributed by atoms with van der Waals surface area (Å²) in [5.74, 6) is -0.392. The number of fused-ring (bicyclic) bond motifs is 1. The Morgan fingerprint density at radius 1 is 1.05 bits per heavy atom. The SMILES string of the molecule is OC(c1cc2cccc(Cl)c2o1)c1c(F)cccc1Cl. The van der Waals surface area contributed by atoms with Gasteiger partial charge in [0, 0.05) is 16.0 Å². The summed E-state index contributed by atoms with van der Waals surface area (Å²) in [5.41, 5.74) is 0.444. The highest BCUT2D eigenvalue weighted by molar-refractivity contribution is 6.34. The maximum atomic E-state index is 13.8. The molecule has 0 spiro atoms. The van der Waals surface area contributed by atoms with Crippen LogP contribution in [0.2, 0.25) is 10.0 Å². The van der Waals surface area contributed by atoms with E-state index in [2.05, 4.69) is 0 Å². The monoisotopic (exact) mass is 310 g/mol. The normalized spacial score (nSPS) is 12.8. The summed E-state index contributed by atoms with van der Waals surface area (Å²) < 4.78 is 19.3. The molecule has 1 atom stereocenters. The van der Waals surface area contributed by atoms with E-state index in [9.17, 15) is 9.50 Å². The highest BCUT2D eigenvalue weighted by atomic mass is 35.5. The van der Waals surface area contributed by atoms with E-state index in [1.807, 2.05) is 0 Å². The molecule has 5 heteroatoms. The van der Waals surface area contributed by atoms with Gasteiger partial charge in [-0.3, -0.25) is 0 Å². The first-order valence-electron chi connectivity index (χ1n) is 5.88. The van der Waals surface area contributed by atoms with Gasteiger partial charge in [-0.05, 0) is 24.3 Å². The molecule has 1 unspecified atom stereocenters. The largest absolute Gasteiger partial charge is 0.456 e. The van der Waals surface area contributed by atoms with Crippen molar-refractivity contribution < 1.29 is 13.9 Å². The molecule has 0 saturated heterocycles. The van der Waals surface area contributed by atoms with Gasteiger partial charge >= 0.3 is 0 Å². The third-order valence-electron chi connectivity index (χ3n) is 3.06. The molecule has 0 aliphatic rings. The topological polar surface area (TPSA) is 33.4 Å². The molecule has 0 amide bonds. The van der Waals surface area contributed by atoms with E-state index in [0.29, 0.717) is 10.6 Å². The van der Waals surface area contributed by atoms with Crippen LogP contribution in [0.5, 0.6) is 0 Å². The Labute approximate surface area is 124 Å². The second-order valence-electron chi connectivity index (χ2n) is 4.34. The van der Waals surface area contributed by atoms with Gasteiger partial charge in [0.05, 0.1) is 5.02 Å². The van der Waals surface area contributed by atoms with Crippen molar-refractivity contribution in [2.24, 2.45) is 0 Å². The van der Waals surface area contributed by atoms with Crippen LogP contribution in [0.1, 0.15) is 17.4 Å². The van der Waals surface area contributed by atoms with Crippen LogP contribution in [0.15, 0.2) is 46.9 Å². The summed E-state index contributed by atoms with van der Waals surface area (Å²) >= 11 is 11.9. The molecule has 1 aromatic heterocycles. The van der Waals surface area contributed by atoms with Crippen molar-refractivity contribution in [1.82, 2.24) is 0 Å². The van der Waals surface area contributed by atoms with E-state index >= 15 is 0 Å². The molecule has 0 bridgehead atoms. The van der Waals surface area contributed by atoms with Crippen LogP contribution >= 0.6 is 23.2 Å². The molecular weight excluding hydrogens is 302 g/mol. The quantitative estimate of drug-likeness (QED) is 0.725. The van der Waals surface area contributed by atoms with Crippen LogP contribution in [0.4, 0.5) is 4.39 Å². The Hall–Kier alpha value is -1.55. The molecule has 20 heavy (non-hydrogen) atoms. The smallest absolute Gasteiger partial charge is 0.153 e. The van der Waals surface area contributed by atoms with Gasteiger partial charge in [0.1, 0.15) is 17.7 Å². The Bertz CT molecular complexity index is 762. The van der Waals surface area contributed by atoms with Crippen LogP contribution < -0.4 is 0 Å². The van der Waals surface area contributed by atoms with Gasteiger partial charge in [-0.15, -0.1) is 0 Å². The minimum atomic E-state index is -1.29. The molecule has 0 aliphatic carbocycles. The summed E-state index contributed by atoms with van der Waals surface area (Å²) in [6.45, 7) is 0. The number of rotatable bonds is 2. The predicted molar refractivity (Wildman–Crippen MR) is 76.7 cm³/mol. The molecule has 0 saturated carbocycles. The third kappa shape index (κ3) is 2.18. The van der Waals surface area contributed by atoms with Crippen molar-refractivity contribution in [3.63, 3.8) is 0 Å². The first kappa shape index (κ1) is 13.4. The fourth-order valence-corrected chi connectivity index (χ4v) is 2.58. The number of para-hydroxylation sites is 1. The zero-order chi connectivity index (χ0) is 14.3. The fraction of sp³-hybridized carbons (Fsp3) is 0.0667. The number of halogens is 3. The second-order valence-corrected chi connectivity index (χ2v) is 5.16. The van der Waals surface area contributed by atoms with Crippen LogP contribution in [-0.4, -0.2) is 5.11 Å². The predicted octanol–water partition coefficient (Wildman–Crippen LogP) is 4.96. The molecule has 3 rings (SSSR count). The van der Waals surface area contributed by atoms with Gasteiger partial charge in [0.15, 0.2) is 5.58 Å². The summed E-state index contributed by atoms with van der Waals surface area (Å²) in [6, 6.07) is 11.1. The molecular formula is C15H9Cl2FO2. The molecule has 3 aromatic rings. The summed E-state index contributed by atoms with van der Waals surface area (Å²) in [4.78, 5) is 0. The average Bonchev–Trinajstić information content (AvgIpc) is 2.84. The van der Waals surface area contributed by atoms with Gasteiger partial charge in [-0.2, -0.15) is 0 Å². The number of benzene rings is 2. The van der Waals surface area contributed by atoms with Crippen LogP contribution in [-0.2, 0) is 0 Å². The summed E-state index contributed by atoms with van der Waals surface area (Å²) in [6.07, 6.45) is -1.29. The Balaban J connectivity index is 2.13. The Kier molecular flexibility index (Phi) is 3.42. The molecule has 102 valence electrons. The van der Waals surface area contributed by atoms with Crippen LogP contribution in [0, 0.1) is 5.82 Å². The summed E-state index contributed by atoms with van der Waals surface area (Å²) in [7, 11) is 0. The average molecular weight is 311 g/mol. The number of aliphatic hydroxyl groups excluding tert-OH is 1. The lowest BCUT2D eigenvalue weighted by atomic mass is 10.1. The second kappa shape index (κ2) is 5.09. The Morgan fingerprint density at radius 2 is 1.75 bits per heavy atom. The minimum absolute atomic E-state index is 0.00987. The number of aliphatic hydroxyl groups is 1. The highest BCUT2D eigenvalue weighted by Gasteiger charge is 2.22. The Morgan fingerprint density at radius 3 is 2.45 bits per heavy atom. The number of furan rings is 1. The van der Waals surface area contributed by atoms with Gasteiger partial charge in [-0.1, -0.05) is 41.4 Å². The zero-order valence-electron chi connectivity index (χ0n) is 10.1. The lowest BCUT2D eigenvalue weighted by Gasteiger charge is -2.10. The molecule has 2 nitrogen and oxygen atoms in total. The van der Waals surface area contributed by atoms with E-state index in [-0.39, 0.29) is 16.3 Å². The van der Waals surface area contributed by atoms with E-state index in [1.54, 1.807) is 24.3 Å². The highest BCUT2D eigenvalue weighted by Crippen LogP contribution is 2.35. The maximum Gasteiger partial charge on any atom is 0.153 e. The van der Waals surface area contributed by atoms with E-state index in [1.165, 1.54) is 18.2 Å². The van der Waals surface area contributed by atoms with Gasteiger partial charge in [0.25, 0.3) is 0 Å². The van der Waals surface area contributed by atoms with Crippen molar-refractivity contribution in [3.05, 3.63) is 69.7 Å². The first-order chi connectivity index (χ1) is 9.58. The van der Waals surface area contributed by atoms with Crippen molar-refractivity contribution >= 4 is 34.2 Å². The van der Waals surface area contributed by atoms with E-state index in [4.69, 9.17) is 27.6 Å². The number of hydrogen-bond acceptors (Lipinski definition) is 2. The molecule has 1 heterocycles. The maximum absolute atomic E-state index is 13.8. The third-order valence-corrected chi connectivity index (χ3v) is 3.68. The van der Waals surface area contributed by atoms with Crippen molar-refractivity contribution in [2.45, 2.75) is 6.10 Å². The van der Waals surface area contributed by atoms with Crippen LogP contribution in [0.3, 0.4) is 0 Å². The van der Waals surface area contributed by atoms with Crippen LogP contribution in [0.25, 0.3) is 11.0 Å². The zero-order valence-corrected chi connectivity index (χ0v) is 11.6. The first-order valence-corrected chi connectivity index (χ1v) is 6.63. The molecule has 0 radical (unpaired) electrons. The lowest BCUT2D eigenvalue weighted by Crippen LogP contribution is -2.02. The fourth-order valence-electron chi connectivity index (χ4n) is 2.10. The standard InChI is InChI=1S/C15H9Cl2FO2/c16-9-4-2-6-11(18)13(9)14(19)12-7-8-3-1-5-10(17)15(8)20-12/h1-7,14,19H. The van der Waals surface area contributed by atoms with Gasteiger partial charge in [0.2, 0.25) is 0 Å². The minimum Gasteiger partial charge on any atom is -0.456 e. The van der Waals surface area contributed by atoms with Gasteiger partial charge < -0.3 is 9.52 Å². The van der Waals surface area contributed by atoms with Gasteiger partial charge in [-0.25, -0.2) is 4.39 Å². The van der Waals surface area contributed by atoms with Crippen molar-refractivity contribution in [1.29, 1.82) is 0 Å². The van der Waals surface area contributed by atoms with Crippen molar-refractivity contribution in [2.75, 3.05) is 0 Å². The lowest BCUT2D eigenvalue weighted by molar-refractivity contribution is 0.187. The summed E-state index contributed by atoms with van der Waals surface area (Å²) in [5, 5.41) is 11.6. The van der Waals surface area contributed by atoms with Crippen molar-refractivity contribution in [3.8, 4) is 0 Å². The molecule has 0 fully saturated rings. The van der Waals surface area contributed by atoms with E-state index < -0.39 is 11.9 Å². The number of hydrogen-bond donors (Lipinski definition) is 1.